The molecule has 0 aromatic heterocycles. The molecule has 0 radical (unpaired) electrons. The predicted molar refractivity (Wildman–Crippen MR) is 48.1 cm³/mol. The van der Waals surface area contributed by atoms with Crippen LogP contribution in [0.25, 0.3) is 0 Å². The summed E-state index contributed by atoms with van der Waals surface area (Å²) in [6.07, 6.45) is 1.83. The number of hydrogen-bond acceptors (Lipinski definition) is 4. The molecular weight excluding hydrogens is 170 g/mol. The monoisotopic (exact) mass is 187 g/mol. The van der Waals surface area contributed by atoms with Crippen LogP contribution in [0.3, 0.4) is 0 Å². The molecule has 1 rings (SSSR count). The van der Waals surface area contributed by atoms with Crippen molar-refractivity contribution in [3.8, 4) is 0 Å². The Morgan fingerprint density at radius 2 is 2.54 bits per heavy atom. The van der Waals surface area contributed by atoms with Gasteiger partial charge < -0.3 is 15.2 Å². The minimum atomic E-state index is -0.200. The summed E-state index contributed by atoms with van der Waals surface area (Å²) in [5.74, 6) is 0.124. The zero-order valence-corrected chi connectivity index (χ0v) is 7.99. The molecule has 0 bridgehead atoms. The van der Waals surface area contributed by atoms with Crippen LogP contribution < -0.4 is 5.73 Å². The highest BCUT2D eigenvalue weighted by molar-refractivity contribution is 5.72. The fourth-order valence-electron chi connectivity index (χ4n) is 1.63. The van der Waals surface area contributed by atoms with Gasteiger partial charge in [0, 0.05) is 19.8 Å². The largest absolute Gasteiger partial charge is 0.469 e. The molecule has 1 aliphatic rings. The van der Waals surface area contributed by atoms with E-state index in [9.17, 15) is 4.79 Å². The van der Waals surface area contributed by atoms with Crippen molar-refractivity contribution in [2.24, 2.45) is 17.6 Å². The summed E-state index contributed by atoms with van der Waals surface area (Å²) in [6, 6.07) is 0. The Hall–Kier alpha value is -0.610. The van der Waals surface area contributed by atoms with Gasteiger partial charge >= 0.3 is 5.97 Å². The third-order valence-electron chi connectivity index (χ3n) is 2.46. The van der Waals surface area contributed by atoms with E-state index < -0.39 is 0 Å². The topological polar surface area (TPSA) is 61.5 Å². The van der Waals surface area contributed by atoms with Crippen LogP contribution in [0.1, 0.15) is 12.8 Å². The summed E-state index contributed by atoms with van der Waals surface area (Å²) in [7, 11) is 1.40. The number of hydrogen-bond donors (Lipinski definition) is 1. The van der Waals surface area contributed by atoms with Crippen molar-refractivity contribution in [2.45, 2.75) is 12.8 Å². The molecule has 1 aliphatic heterocycles. The van der Waals surface area contributed by atoms with Gasteiger partial charge in [-0.05, 0) is 18.8 Å². The number of nitrogens with two attached hydrogens (primary N) is 1. The number of carbonyl (C=O) groups excluding carboxylic acids is 1. The zero-order valence-electron chi connectivity index (χ0n) is 7.99. The molecule has 0 aliphatic carbocycles. The molecule has 1 heterocycles. The second-order valence-corrected chi connectivity index (χ2v) is 3.42. The van der Waals surface area contributed by atoms with Crippen LogP contribution in [0.15, 0.2) is 0 Å². The first-order chi connectivity index (χ1) is 6.27. The highest BCUT2D eigenvalue weighted by atomic mass is 16.5. The number of rotatable bonds is 4. The van der Waals surface area contributed by atoms with Crippen molar-refractivity contribution in [2.75, 3.05) is 26.9 Å². The molecule has 0 saturated carbocycles. The van der Waals surface area contributed by atoms with Crippen molar-refractivity contribution >= 4 is 5.97 Å². The van der Waals surface area contributed by atoms with E-state index in [0.717, 1.165) is 26.1 Å². The van der Waals surface area contributed by atoms with Gasteiger partial charge in [0.25, 0.3) is 0 Å². The first-order valence-corrected chi connectivity index (χ1v) is 4.63. The molecule has 13 heavy (non-hydrogen) atoms. The second kappa shape index (κ2) is 5.19. The molecule has 2 atom stereocenters. The Bertz CT molecular complexity index is 166. The lowest BCUT2D eigenvalue weighted by Crippen LogP contribution is -2.27. The highest BCUT2D eigenvalue weighted by Crippen LogP contribution is 2.21. The quantitative estimate of drug-likeness (QED) is 0.637. The van der Waals surface area contributed by atoms with E-state index >= 15 is 0 Å². The molecule has 2 N–H and O–H groups in total. The zero-order chi connectivity index (χ0) is 9.68. The summed E-state index contributed by atoms with van der Waals surface area (Å²) in [6.45, 7) is 1.93. The minimum Gasteiger partial charge on any atom is -0.469 e. The predicted octanol–water partition coefficient (Wildman–Crippen LogP) is 0.161. The van der Waals surface area contributed by atoms with Gasteiger partial charge in [-0.1, -0.05) is 0 Å². The van der Waals surface area contributed by atoms with E-state index in [2.05, 4.69) is 4.74 Å². The van der Waals surface area contributed by atoms with Crippen LogP contribution in [0.4, 0.5) is 0 Å². The molecule has 0 spiro atoms. The third kappa shape index (κ3) is 2.97. The Labute approximate surface area is 78.4 Å². The van der Waals surface area contributed by atoms with Crippen molar-refractivity contribution in [3.05, 3.63) is 0 Å². The molecular formula is C9H17NO3. The lowest BCUT2D eigenvalue weighted by molar-refractivity contribution is -0.145. The summed E-state index contributed by atoms with van der Waals surface area (Å²) in [5, 5.41) is 0. The van der Waals surface area contributed by atoms with E-state index in [0.29, 0.717) is 12.5 Å². The van der Waals surface area contributed by atoms with Gasteiger partial charge in [-0.25, -0.2) is 0 Å². The fraction of sp³-hybridized carbons (Fsp3) is 0.889. The molecule has 0 aromatic carbocycles. The van der Waals surface area contributed by atoms with Crippen molar-refractivity contribution < 1.29 is 14.3 Å². The van der Waals surface area contributed by atoms with Gasteiger partial charge in [0.1, 0.15) is 0 Å². The maximum atomic E-state index is 11.2. The first kappa shape index (κ1) is 10.5. The minimum absolute atomic E-state index is 0.156. The maximum absolute atomic E-state index is 11.2. The molecule has 0 amide bonds. The standard InChI is InChI=1S/C9H17NO3/c1-12-9(11)8(5-10)4-7-2-3-13-6-7/h7-8H,2-6,10H2,1H3. The number of esters is 1. The maximum Gasteiger partial charge on any atom is 0.309 e. The van der Waals surface area contributed by atoms with E-state index in [1.165, 1.54) is 7.11 Å². The summed E-state index contributed by atoms with van der Waals surface area (Å²) in [5.41, 5.74) is 5.49. The second-order valence-electron chi connectivity index (χ2n) is 3.42. The number of methoxy groups -OCH3 is 1. The molecule has 1 fully saturated rings. The van der Waals surface area contributed by atoms with Crippen molar-refractivity contribution in [1.29, 1.82) is 0 Å². The van der Waals surface area contributed by atoms with Crippen LogP contribution in [0.5, 0.6) is 0 Å². The molecule has 76 valence electrons. The smallest absolute Gasteiger partial charge is 0.309 e. The Morgan fingerprint density at radius 1 is 1.77 bits per heavy atom. The fourth-order valence-corrected chi connectivity index (χ4v) is 1.63. The van der Waals surface area contributed by atoms with Gasteiger partial charge in [-0.2, -0.15) is 0 Å². The third-order valence-corrected chi connectivity index (χ3v) is 2.46. The van der Waals surface area contributed by atoms with Crippen molar-refractivity contribution in [3.63, 3.8) is 0 Å². The average molecular weight is 187 g/mol. The number of ether oxygens (including phenoxy) is 2. The van der Waals surface area contributed by atoms with Crippen LogP contribution >= 0.6 is 0 Å². The van der Waals surface area contributed by atoms with Crippen LogP contribution in [0.2, 0.25) is 0 Å². The lowest BCUT2D eigenvalue weighted by Gasteiger charge is -2.15. The van der Waals surface area contributed by atoms with Gasteiger partial charge in [-0.3, -0.25) is 4.79 Å². The van der Waals surface area contributed by atoms with Crippen LogP contribution in [0, 0.1) is 11.8 Å². The normalized spacial score (nSPS) is 24.3. The first-order valence-electron chi connectivity index (χ1n) is 4.63. The van der Waals surface area contributed by atoms with Gasteiger partial charge in [0.05, 0.1) is 13.0 Å². The molecule has 4 nitrogen and oxygen atoms in total. The molecule has 4 heteroatoms. The summed E-state index contributed by atoms with van der Waals surface area (Å²) in [4.78, 5) is 11.2. The van der Waals surface area contributed by atoms with Crippen LogP contribution in [-0.4, -0.2) is 32.8 Å². The molecule has 1 saturated heterocycles. The SMILES string of the molecule is COC(=O)C(CN)CC1CCOC1. The highest BCUT2D eigenvalue weighted by Gasteiger charge is 2.24. The Morgan fingerprint density at radius 3 is 3.00 bits per heavy atom. The number of carbonyl (C=O) groups is 1. The molecule has 2 unspecified atom stereocenters. The lowest BCUT2D eigenvalue weighted by atomic mass is 9.94. The van der Waals surface area contributed by atoms with Gasteiger partial charge in [0.2, 0.25) is 0 Å². The molecule has 0 aromatic rings. The van der Waals surface area contributed by atoms with E-state index in [1.54, 1.807) is 0 Å². The van der Waals surface area contributed by atoms with E-state index in [1.807, 2.05) is 0 Å². The summed E-state index contributed by atoms with van der Waals surface area (Å²) < 4.78 is 9.88. The van der Waals surface area contributed by atoms with E-state index in [4.69, 9.17) is 10.5 Å². The van der Waals surface area contributed by atoms with Gasteiger partial charge in [0.15, 0.2) is 0 Å². The van der Waals surface area contributed by atoms with Crippen LogP contribution in [-0.2, 0) is 14.3 Å². The Kier molecular flexibility index (Phi) is 4.18. The average Bonchev–Trinajstić information content (AvgIpc) is 2.65. The summed E-state index contributed by atoms with van der Waals surface area (Å²) >= 11 is 0. The van der Waals surface area contributed by atoms with Gasteiger partial charge in [-0.15, -0.1) is 0 Å². The Balaban J connectivity index is 2.33. The van der Waals surface area contributed by atoms with Crippen molar-refractivity contribution in [1.82, 2.24) is 0 Å². The van der Waals surface area contributed by atoms with E-state index in [-0.39, 0.29) is 11.9 Å².